The third-order valence-corrected chi connectivity index (χ3v) is 3.52. The smallest absolute Gasteiger partial charge is 0.0741 e. The van der Waals surface area contributed by atoms with Crippen molar-refractivity contribution in [3.05, 3.63) is 34.0 Å². The van der Waals surface area contributed by atoms with Gasteiger partial charge in [-0.1, -0.05) is 25.4 Å². The summed E-state index contributed by atoms with van der Waals surface area (Å²) >= 11 is 6.11. The number of benzene rings is 1. The maximum Gasteiger partial charge on any atom is 0.0741 e. The molecule has 0 atom stereocenters. The number of nitrogen functional groups attached to an aromatic ring is 1. The van der Waals surface area contributed by atoms with Crippen molar-refractivity contribution >= 4 is 28.2 Å². The summed E-state index contributed by atoms with van der Waals surface area (Å²) in [5.74, 6) is 0.378. The van der Waals surface area contributed by atoms with Crippen LogP contribution in [0, 0.1) is 13.8 Å². The Hall–Kier alpha value is -1.28. The first-order valence-electron chi connectivity index (χ1n) is 5.77. The molecule has 0 saturated heterocycles. The van der Waals surface area contributed by atoms with Gasteiger partial charge in [-0.05, 0) is 43.0 Å². The Kier molecular flexibility index (Phi) is 3.00. The zero-order chi connectivity index (χ0) is 12.7. The number of hydrogen-bond acceptors (Lipinski definition) is 2. The molecule has 1 aromatic heterocycles. The normalized spacial score (nSPS) is 11.4. The van der Waals surface area contributed by atoms with E-state index in [-0.39, 0.29) is 0 Å². The lowest BCUT2D eigenvalue weighted by atomic mass is 9.96. The molecule has 0 fully saturated rings. The van der Waals surface area contributed by atoms with E-state index in [1.54, 1.807) is 0 Å². The maximum absolute atomic E-state index is 6.26. The summed E-state index contributed by atoms with van der Waals surface area (Å²) in [6.45, 7) is 8.25. The molecule has 0 radical (unpaired) electrons. The molecule has 0 bridgehead atoms. The van der Waals surface area contributed by atoms with E-state index in [9.17, 15) is 0 Å². The first-order valence-corrected chi connectivity index (χ1v) is 6.15. The van der Waals surface area contributed by atoms with E-state index in [0.29, 0.717) is 5.92 Å². The molecule has 2 rings (SSSR count). The van der Waals surface area contributed by atoms with Crippen LogP contribution in [0.2, 0.25) is 5.02 Å². The molecule has 2 nitrogen and oxygen atoms in total. The predicted octanol–water partition coefficient (Wildman–Crippen LogP) is 4.21. The molecule has 1 heterocycles. The van der Waals surface area contributed by atoms with Crippen molar-refractivity contribution < 1.29 is 0 Å². The number of nitrogens with zero attached hydrogens (tertiary/aromatic N) is 1. The van der Waals surface area contributed by atoms with Crippen molar-refractivity contribution in [2.45, 2.75) is 33.6 Å². The molecular formula is C14H17ClN2. The first-order chi connectivity index (χ1) is 7.91. The Bertz CT molecular complexity index is 589. The highest BCUT2D eigenvalue weighted by atomic mass is 35.5. The largest absolute Gasteiger partial charge is 0.398 e. The maximum atomic E-state index is 6.26. The molecule has 0 spiro atoms. The van der Waals surface area contributed by atoms with Crippen molar-refractivity contribution in [3.8, 4) is 0 Å². The van der Waals surface area contributed by atoms with Gasteiger partial charge in [-0.25, -0.2) is 0 Å². The molecule has 3 heteroatoms. The van der Waals surface area contributed by atoms with Crippen LogP contribution in [0.5, 0.6) is 0 Å². The second kappa shape index (κ2) is 4.19. The minimum atomic E-state index is 0.378. The Morgan fingerprint density at radius 3 is 2.47 bits per heavy atom. The lowest BCUT2D eigenvalue weighted by Gasteiger charge is -2.15. The molecule has 0 unspecified atom stereocenters. The number of hydrogen-bond donors (Lipinski definition) is 1. The van der Waals surface area contributed by atoms with Crippen LogP contribution in [0.3, 0.4) is 0 Å². The van der Waals surface area contributed by atoms with Crippen LogP contribution in [-0.2, 0) is 0 Å². The van der Waals surface area contributed by atoms with Crippen molar-refractivity contribution in [2.24, 2.45) is 0 Å². The average Bonchev–Trinajstić information content (AvgIpc) is 2.21. The van der Waals surface area contributed by atoms with Crippen molar-refractivity contribution in [2.75, 3.05) is 5.73 Å². The van der Waals surface area contributed by atoms with E-state index in [4.69, 9.17) is 17.3 Å². The number of aryl methyl sites for hydroxylation is 2. The van der Waals surface area contributed by atoms with E-state index >= 15 is 0 Å². The molecule has 1 aromatic carbocycles. The summed E-state index contributed by atoms with van der Waals surface area (Å²) in [4.78, 5) is 4.60. The van der Waals surface area contributed by atoms with Crippen LogP contribution in [0.25, 0.3) is 10.9 Å². The van der Waals surface area contributed by atoms with E-state index in [0.717, 1.165) is 38.4 Å². The zero-order valence-corrected chi connectivity index (χ0v) is 11.4. The minimum Gasteiger partial charge on any atom is -0.398 e. The number of rotatable bonds is 1. The van der Waals surface area contributed by atoms with Gasteiger partial charge in [0.1, 0.15) is 0 Å². The summed E-state index contributed by atoms with van der Waals surface area (Å²) in [7, 11) is 0. The van der Waals surface area contributed by atoms with Gasteiger partial charge in [0.15, 0.2) is 0 Å². The molecule has 90 valence electrons. The van der Waals surface area contributed by atoms with Gasteiger partial charge in [-0.15, -0.1) is 0 Å². The van der Waals surface area contributed by atoms with E-state index in [1.807, 2.05) is 26.0 Å². The molecule has 2 N–H and O–H groups in total. The molecule has 0 amide bonds. The van der Waals surface area contributed by atoms with Crippen LogP contribution in [0.15, 0.2) is 12.1 Å². The lowest BCUT2D eigenvalue weighted by Crippen LogP contribution is -2.03. The molecule has 0 saturated carbocycles. The van der Waals surface area contributed by atoms with Gasteiger partial charge in [0.2, 0.25) is 0 Å². The topological polar surface area (TPSA) is 38.9 Å². The van der Waals surface area contributed by atoms with Crippen molar-refractivity contribution in [1.29, 1.82) is 0 Å². The SMILES string of the molecule is Cc1cc2c(N)c(C(C)C)c(C)nc2cc1Cl. The van der Waals surface area contributed by atoms with Gasteiger partial charge in [-0.2, -0.15) is 0 Å². The van der Waals surface area contributed by atoms with Crippen molar-refractivity contribution in [1.82, 2.24) is 4.98 Å². The quantitative estimate of drug-likeness (QED) is 0.821. The van der Waals surface area contributed by atoms with Gasteiger partial charge >= 0.3 is 0 Å². The minimum absolute atomic E-state index is 0.378. The van der Waals surface area contributed by atoms with E-state index < -0.39 is 0 Å². The predicted molar refractivity (Wildman–Crippen MR) is 74.7 cm³/mol. The lowest BCUT2D eigenvalue weighted by molar-refractivity contribution is 0.851. The zero-order valence-electron chi connectivity index (χ0n) is 10.6. The highest BCUT2D eigenvalue weighted by molar-refractivity contribution is 6.32. The summed E-state index contributed by atoms with van der Waals surface area (Å²) in [6.07, 6.45) is 0. The third-order valence-electron chi connectivity index (χ3n) is 3.11. The fraction of sp³-hybridized carbons (Fsp3) is 0.357. The molecule has 17 heavy (non-hydrogen) atoms. The second-order valence-electron chi connectivity index (χ2n) is 4.80. The van der Waals surface area contributed by atoms with Crippen LogP contribution >= 0.6 is 11.6 Å². The highest BCUT2D eigenvalue weighted by Crippen LogP contribution is 2.33. The fourth-order valence-corrected chi connectivity index (χ4v) is 2.45. The van der Waals surface area contributed by atoms with E-state index in [2.05, 4.69) is 18.8 Å². The number of anilines is 1. The number of pyridine rings is 1. The van der Waals surface area contributed by atoms with Crippen LogP contribution < -0.4 is 5.73 Å². The Labute approximate surface area is 107 Å². The molecule has 0 aliphatic heterocycles. The molecule has 0 aliphatic carbocycles. The Morgan fingerprint density at radius 1 is 1.24 bits per heavy atom. The van der Waals surface area contributed by atoms with Gasteiger partial charge in [0.25, 0.3) is 0 Å². The molecular weight excluding hydrogens is 232 g/mol. The number of nitrogens with two attached hydrogens (primary N) is 1. The van der Waals surface area contributed by atoms with Crippen LogP contribution in [0.1, 0.15) is 36.6 Å². The van der Waals surface area contributed by atoms with Gasteiger partial charge in [0.05, 0.1) is 5.52 Å². The average molecular weight is 249 g/mol. The molecule has 0 aliphatic rings. The summed E-state index contributed by atoms with van der Waals surface area (Å²) < 4.78 is 0. The Balaban J connectivity index is 2.87. The summed E-state index contributed by atoms with van der Waals surface area (Å²) in [5, 5.41) is 1.74. The first kappa shape index (κ1) is 12.2. The third kappa shape index (κ3) is 1.98. The van der Waals surface area contributed by atoms with Crippen LogP contribution in [-0.4, -0.2) is 4.98 Å². The fourth-order valence-electron chi connectivity index (χ4n) is 2.29. The highest BCUT2D eigenvalue weighted by Gasteiger charge is 2.13. The van der Waals surface area contributed by atoms with Crippen molar-refractivity contribution in [3.63, 3.8) is 0 Å². The standard InChI is InChI=1S/C14H17ClN2/c1-7(2)13-9(4)17-12-6-11(15)8(3)5-10(12)14(13)16/h5-7H,1-4H3,(H2,16,17). The second-order valence-corrected chi connectivity index (χ2v) is 5.21. The summed E-state index contributed by atoms with van der Waals surface area (Å²) in [5.41, 5.74) is 11.1. The monoisotopic (exact) mass is 248 g/mol. The number of halogens is 1. The van der Waals surface area contributed by atoms with E-state index in [1.165, 1.54) is 0 Å². The number of aromatic nitrogens is 1. The van der Waals surface area contributed by atoms with Crippen LogP contribution in [0.4, 0.5) is 5.69 Å². The number of fused-ring (bicyclic) bond motifs is 1. The van der Waals surface area contributed by atoms with Gasteiger partial charge in [0, 0.05) is 21.8 Å². The van der Waals surface area contributed by atoms with Gasteiger partial charge in [-0.3, -0.25) is 4.98 Å². The molecule has 2 aromatic rings. The van der Waals surface area contributed by atoms with Gasteiger partial charge < -0.3 is 5.73 Å². The Morgan fingerprint density at radius 2 is 1.88 bits per heavy atom. The summed E-state index contributed by atoms with van der Waals surface area (Å²) in [6, 6.07) is 3.91.